The largest absolute Gasteiger partial charge is 0.389 e. The molecule has 0 atom stereocenters. The minimum absolute atomic E-state index is 0.0448. The molecule has 2 rings (SSSR count). The van der Waals surface area contributed by atoms with Gasteiger partial charge >= 0.3 is 0 Å². The Bertz CT molecular complexity index is 328. The molecule has 1 aromatic heterocycles. The molecule has 0 unspecified atom stereocenters. The molecule has 3 nitrogen and oxygen atoms in total. The molecule has 70 valence electrons. The number of carbonyl (C=O) groups is 1. The molecule has 0 radical (unpaired) electrons. The van der Waals surface area contributed by atoms with Crippen LogP contribution in [0.1, 0.15) is 14.5 Å². The molecule has 0 saturated carbocycles. The molecule has 0 spiro atoms. The zero-order chi connectivity index (χ0) is 9.42. The van der Waals surface area contributed by atoms with E-state index in [0.29, 0.717) is 13.1 Å². The van der Waals surface area contributed by atoms with Gasteiger partial charge in [-0.3, -0.25) is 4.79 Å². The topological polar surface area (TPSA) is 40.5 Å². The fraction of sp³-hybridized carbons (Fsp3) is 0.444. The number of aliphatic hydroxyl groups is 1. The number of hydrogen-bond donors (Lipinski definition) is 1. The minimum Gasteiger partial charge on any atom is -0.389 e. The Balaban J connectivity index is 2.06. The van der Waals surface area contributed by atoms with Crippen LogP contribution in [0.25, 0.3) is 0 Å². The van der Waals surface area contributed by atoms with Gasteiger partial charge < -0.3 is 10.0 Å². The van der Waals surface area contributed by atoms with E-state index < -0.39 is 0 Å². The molecule has 2 heterocycles. The Morgan fingerprint density at radius 1 is 1.62 bits per heavy atom. The lowest BCUT2D eigenvalue weighted by molar-refractivity contribution is 0.00623. The van der Waals surface area contributed by atoms with Crippen LogP contribution < -0.4 is 0 Å². The smallest absolute Gasteiger partial charge is 0.264 e. The summed E-state index contributed by atoms with van der Waals surface area (Å²) in [4.78, 5) is 15.2. The molecule has 1 aliphatic heterocycles. The summed E-state index contributed by atoms with van der Waals surface area (Å²) in [5, 5.41) is 9.03. The Labute approximate surface area is 80.6 Å². The minimum atomic E-state index is -0.315. The van der Waals surface area contributed by atoms with Crippen molar-refractivity contribution in [2.45, 2.75) is 13.0 Å². The lowest BCUT2D eigenvalue weighted by Crippen LogP contribution is -2.53. The molecule has 4 heteroatoms. The molecule has 0 aliphatic carbocycles. The number of hydrogen-bond acceptors (Lipinski definition) is 3. The van der Waals surface area contributed by atoms with E-state index in [2.05, 4.69) is 0 Å². The zero-order valence-electron chi connectivity index (χ0n) is 7.36. The van der Waals surface area contributed by atoms with Gasteiger partial charge in [-0.1, -0.05) is 0 Å². The van der Waals surface area contributed by atoms with Crippen LogP contribution >= 0.6 is 11.3 Å². The highest BCUT2D eigenvalue weighted by atomic mass is 32.1. The lowest BCUT2D eigenvalue weighted by atomic mass is 10.1. The molecule has 1 aromatic rings. The first-order valence-corrected chi connectivity index (χ1v) is 5.02. The maximum atomic E-state index is 11.6. The standard InChI is InChI=1S/C9H11NO2S/c1-6-2-3-8(13-6)9(12)10-4-7(11)5-10/h2-3,7,11H,4-5H2,1H3. The quantitative estimate of drug-likeness (QED) is 0.725. The second-order valence-electron chi connectivity index (χ2n) is 3.27. The van der Waals surface area contributed by atoms with Crippen LogP contribution in [-0.2, 0) is 0 Å². The number of carbonyl (C=O) groups excluding carboxylic acids is 1. The monoisotopic (exact) mass is 197 g/mol. The van der Waals surface area contributed by atoms with Gasteiger partial charge in [0.15, 0.2) is 0 Å². The van der Waals surface area contributed by atoms with E-state index in [0.717, 1.165) is 9.75 Å². The number of likely N-dealkylation sites (tertiary alicyclic amines) is 1. The third-order valence-electron chi connectivity index (χ3n) is 2.10. The van der Waals surface area contributed by atoms with Crippen molar-refractivity contribution in [1.82, 2.24) is 4.90 Å². The average molecular weight is 197 g/mol. The average Bonchev–Trinajstić information content (AvgIpc) is 2.45. The molecule has 1 saturated heterocycles. The van der Waals surface area contributed by atoms with Crippen LogP contribution in [0.15, 0.2) is 12.1 Å². The van der Waals surface area contributed by atoms with Crippen LogP contribution in [0.3, 0.4) is 0 Å². The highest BCUT2D eigenvalue weighted by Gasteiger charge is 2.29. The van der Waals surface area contributed by atoms with E-state index in [1.165, 1.54) is 11.3 Å². The van der Waals surface area contributed by atoms with E-state index in [9.17, 15) is 4.79 Å². The summed E-state index contributed by atoms with van der Waals surface area (Å²) >= 11 is 1.50. The van der Waals surface area contributed by atoms with Crippen molar-refractivity contribution in [3.05, 3.63) is 21.9 Å². The van der Waals surface area contributed by atoms with E-state index in [1.54, 1.807) is 4.90 Å². The number of nitrogens with zero attached hydrogens (tertiary/aromatic N) is 1. The predicted molar refractivity (Wildman–Crippen MR) is 51.0 cm³/mol. The molecule has 1 amide bonds. The van der Waals surface area contributed by atoms with Gasteiger partial charge in [0.1, 0.15) is 0 Å². The SMILES string of the molecule is Cc1ccc(C(=O)N2CC(O)C2)s1. The predicted octanol–water partition coefficient (Wildman–Crippen LogP) is 0.873. The van der Waals surface area contributed by atoms with Crippen molar-refractivity contribution in [2.24, 2.45) is 0 Å². The van der Waals surface area contributed by atoms with Gasteiger partial charge in [0.2, 0.25) is 0 Å². The van der Waals surface area contributed by atoms with Gasteiger partial charge in [0, 0.05) is 18.0 Å². The number of rotatable bonds is 1. The van der Waals surface area contributed by atoms with Crippen molar-refractivity contribution in [3.63, 3.8) is 0 Å². The third-order valence-corrected chi connectivity index (χ3v) is 3.09. The van der Waals surface area contributed by atoms with Gasteiger partial charge in [-0.05, 0) is 19.1 Å². The second kappa shape index (κ2) is 3.12. The number of thiophene rings is 1. The van der Waals surface area contributed by atoms with Crippen molar-refractivity contribution >= 4 is 17.2 Å². The Hall–Kier alpha value is -0.870. The van der Waals surface area contributed by atoms with Crippen molar-refractivity contribution in [2.75, 3.05) is 13.1 Å². The number of amides is 1. The van der Waals surface area contributed by atoms with E-state index in [4.69, 9.17) is 5.11 Å². The molecule has 13 heavy (non-hydrogen) atoms. The van der Waals surface area contributed by atoms with E-state index >= 15 is 0 Å². The molecule has 1 N–H and O–H groups in total. The highest BCUT2D eigenvalue weighted by molar-refractivity contribution is 7.13. The van der Waals surface area contributed by atoms with E-state index in [1.807, 2.05) is 19.1 Å². The van der Waals surface area contributed by atoms with Crippen molar-refractivity contribution in [3.8, 4) is 0 Å². The lowest BCUT2D eigenvalue weighted by Gasteiger charge is -2.35. The van der Waals surface area contributed by atoms with Gasteiger partial charge in [0.25, 0.3) is 5.91 Å². The summed E-state index contributed by atoms with van der Waals surface area (Å²) < 4.78 is 0. The maximum absolute atomic E-state index is 11.6. The normalized spacial score (nSPS) is 17.2. The molecule has 1 fully saturated rings. The Morgan fingerprint density at radius 2 is 2.31 bits per heavy atom. The van der Waals surface area contributed by atoms with Crippen LogP contribution in [0, 0.1) is 6.92 Å². The first-order valence-electron chi connectivity index (χ1n) is 4.20. The molecular weight excluding hydrogens is 186 g/mol. The fourth-order valence-electron chi connectivity index (χ4n) is 1.33. The van der Waals surface area contributed by atoms with Crippen LogP contribution in [0.5, 0.6) is 0 Å². The highest BCUT2D eigenvalue weighted by Crippen LogP contribution is 2.19. The van der Waals surface area contributed by atoms with Crippen LogP contribution in [0.4, 0.5) is 0 Å². The first kappa shape index (κ1) is 8.72. The number of aryl methyl sites for hydroxylation is 1. The maximum Gasteiger partial charge on any atom is 0.264 e. The zero-order valence-corrected chi connectivity index (χ0v) is 8.17. The number of aliphatic hydroxyl groups excluding tert-OH is 1. The molecular formula is C9H11NO2S. The fourth-order valence-corrected chi connectivity index (χ4v) is 2.16. The van der Waals surface area contributed by atoms with Crippen LogP contribution in [0.2, 0.25) is 0 Å². The van der Waals surface area contributed by atoms with Gasteiger partial charge in [-0.15, -0.1) is 11.3 Å². The van der Waals surface area contributed by atoms with Crippen molar-refractivity contribution in [1.29, 1.82) is 0 Å². The summed E-state index contributed by atoms with van der Waals surface area (Å²) in [5.41, 5.74) is 0. The van der Waals surface area contributed by atoms with E-state index in [-0.39, 0.29) is 12.0 Å². The summed E-state index contributed by atoms with van der Waals surface area (Å²) in [6, 6.07) is 3.78. The summed E-state index contributed by atoms with van der Waals surface area (Å²) in [6.07, 6.45) is -0.315. The van der Waals surface area contributed by atoms with Gasteiger partial charge in [-0.25, -0.2) is 0 Å². The molecule has 0 bridgehead atoms. The Morgan fingerprint density at radius 3 is 2.77 bits per heavy atom. The van der Waals surface area contributed by atoms with Crippen molar-refractivity contribution < 1.29 is 9.90 Å². The van der Waals surface area contributed by atoms with Gasteiger partial charge in [-0.2, -0.15) is 0 Å². The Kier molecular flexibility index (Phi) is 2.09. The van der Waals surface area contributed by atoms with Gasteiger partial charge in [0.05, 0.1) is 11.0 Å². The molecule has 0 aromatic carbocycles. The second-order valence-corrected chi connectivity index (χ2v) is 4.56. The summed E-state index contributed by atoms with van der Waals surface area (Å²) in [6.45, 7) is 2.94. The summed E-state index contributed by atoms with van der Waals surface area (Å²) in [7, 11) is 0. The van der Waals surface area contributed by atoms with Crippen LogP contribution in [-0.4, -0.2) is 35.1 Å². The summed E-state index contributed by atoms with van der Waals surface area (Å²) in [5.74, 6) is 0.0448. The third kappa shape index (κ3) is 1.59. The molecule has 1 aliphatic rings. The first-order chi connectivity index (χ1) is 6.16. The number of β-amino-alcohol motifs (C(OH)–C–C–N with tert-alkyl or cyclic N) is 1.